The Balaban J connectivity index is 1.46. The molecule has 0 spiro atoms. The van der Waals surface area contributed by atoms with E-state index in [-0.39, 0.29) is 30.6 Å². The van der Waals surface area contributed by atoms with Crippen LogP contribution in [0.2, 0.25) is 0 Å². The van der Waals surface area contributed by atoms with Crippen LogP contribution in [0.15, 0.2) is 72.8 Å². The normalized spacial score (nSPS) is 17.8. The number of aliphatic hydroxyl groups is 1. The maximum absolute atomic E-state index is 14.5. The van der Waals surface area contributed by atoms with E-state index in [2.05, 4.69) is 5.32 Å². The molecular formula is C35H42N4O5. The number of methoxy groups -OCH3 is 1. The van der Waals surface area contributed by atoms with Gasteiger partial charge in [-0.2, -0.15) is 0 Å². The van der Waals surface area contributed by atoms with Gasteiger partial charge in [0.15, 0.2) is 0 Å². The molecule has 0 radical (unpaired) electrons. The summed E-state index contributed by atoms with van der Waals surface area (Å²) >= 11 is 0. The molecule has 3 aromatic carbocycles. The fourth-order valence-electron chi connectivity index (χ4n) is 5.93. The number of carbonyl (C=O) groups is 2. The van der Waals surface area contributed by atoms with E-state index in [1.807, 2.05) is 98.3 Å². The zero-order chi connectivity index (χ0) is 31.4. The number of nitrogens with zero attached hydrogens (tertiary/aromatic N) is 3. The Labute approximate surface area is 259 Å². The maximum atomic E-state index is 14.5. The molecule has 2 N–H and O–H groups in total. The van der Waals surface area contributed by atoms with Crippen molar-refractivity contribution in [3.05, 3.63) is 89.6 Å². The number of ether oxygens (including phenoxy) is 2. The lowest BCUT2D eigenvalue weighted by Crippen LogP contribution is -2.49. The number of nitrogens with one attached hydrogen (secondary N) is 1. The lowest BCUT2D eigenvalue weighted by molar-refractivity contribution is -0.0185. The summed E-state index contributed by atoms with van der Waals surface area (Å²) in [4.78, 5) is 31.0. The molecule has 0 saturated carbocycles. The van der Waals surface area contributed by atoms with Gasteiger partial charge in [-0.05, 0) is 41.8 Å². The molecule has 9 nitrogen and oxygen atoms in total. The minimum atomic E-state index is -0.419. The number of likely N-dealkylation sites (N-methyl/N-ethyl adjacent to an activating group) is 1. The van der Waals surface area contributed by atoms with Gasteiger partial charge >= 0.3 is 6.03 Å². The number of hydrogen-bond donors (Lipinski definition) is 2. The zero-order valence-corrected chi connectivity index (χ0v) is 26.1. The number of hydrogen-bond acceptors (Lipinski definition) is 5. The summed E-state index contributed by atoms with van der Waals surface area (Å²) in [6.45, 7) is 5.09. The van der Waals surface area contributed by atoms with E-state index >= 15 is 0 Å². The number of urea groups is 1. The molecule has 1 aliphatic rings. The highest BCUT2D eigenvalue weighted by Gasteiger charge is 2.34. The molecule has 0 bridgehead atoms. The van der Waals surface area contributed by atoms with Crippen LogP contribution < -0.4 is 10.1 Å². The monoisotopic (exact) mass is 598 g/mol. The first kappa shape index (κ1) is 31.1. The van der Waals surface area contributed by atoms with Crippen molar-refractivity contribution in [1.29, 1.82) is 0 Å². The van der Waals surface area contributed by atoms with Crippen molar-refractivity contribution in [2.45, 2.75) is 39.1 Å². The van der Waals surface area contributed by atoms with Crippen molar-refractivity contribution in [1.82, 2.24) is 19.7 Å². The van der Waals surface area contributed by atoms with E-state index in [1.54, 1.807) is 24.0 Å². The third-order valence-corrected chi connectivity index (χ3v) is 8.63. The van der Waals surface area contributed by atoms with Gasteiger partial charge in [0.1, 0.15) is 11.4 Å². The summed E-state index contributed by atoms with van der Waals surface area (Å²) in [5.41, 5.74) is 5.27. The van der Waals surface area contributed by atoms with Crippen LogP contribution in [0.4, 0.5) is 4.79 Å². The quantitative estimate of drug-likeness (QED) is 0.310. The largest absolute Gasteiger partial charge is 0.497 e. The van der Waals surface area contributed by atoms with Gasteiger partial charge in [0.25, 0.3) is 5.91 Å². The average molecular weight is 599 g/mol. The molecular weight excluding hydrogens is 556 g/mol. The molecule has 1 aliphatic heterocycles. The van der Waals surface area contributed by atoms with Crippen LogP contribution in [0.25, 0.3) is 22.0 Å². The van der Waals surface area contributed by atoms with E-state index in [1.165, 1.54) is 0 Å². The zero-order valence-electron chi connectivity index (χ0n) is 26.1. The van der Waals surface area contributed by atoms with Gasteiger partial charge in [-0.1, -0.05) is 61.5 Å². The fourth-order valence-corrected chi connectivity index (χ4v) is 5.93. The first-order chi connectivity index (χ1) is 21.2. The summed E-state index contributed by atoms with van der Waals surface area (Å²) in [6, 6.07) is 23.0. The minimum absolute atomic E-state index is 0.145. The Morgan fingerprint density at radius 3 is 2.55 bits per heavy atom. The molecule has 44 heavy (non-hydrogen) atoms. The average Bonchev–Trinajstić information content (AvgIpc) is 3.34. The molecule has 3 amide bonds. The third-order valence-electron chi connectivity index (χ3n) is 8.63. The lowest BCUT2D eigenvalue weighted by atomic mass is 9.96. The first-order valence-electron chi connectivity index (χ1n) is 15.0. The van der Waals surface area contributed by atoms with E-state index in [4.69, 9.17) is 9.47 Å². The summed E-state index contributed by atoms with van der Waals surface area (Å²) in [7, 11) is 5.29. The topological polar surface area (TPSA) is 96.3 Å². The molecule has 1 aromatic heterocycles. The third kappa shape index (κ3) is 6.30. The predicted molar refractivity (Wildman–Crippen MR) is 172 cm³/mol. The molecule has 5 rings (SSSR count). The fraction of sp³-hybridized carbons (Fsp3) is 0.371. The number of rotatable bonds is 7. The summed E-state index contributed by atoms with van der Waals surface area (Å²) in [6.07, 6.45) is -0.376. The van der Waals surface area contributed by atoms with Crippen LogP contribution >= 0.6 is 0 Å². The second-order valence-corrected chi connectivity index (χ2v) is 11.7. The van der Waals surface area contributed by atoms with Crippen LogP contribution in [0.1, 0.15) is 35.5 Å². The second kappa shape index (κ2) is 13.5. The molecule has 3 atom stereocenters. The summed E-state index contributed by atoms with van der Waals surface area (Å²) < 4.78 is 13.8. The minimum Gasteiger partial charge on any atom is -0.497 e. The van der Waals surface area contributed by atoms with Crippen LogP contribution in [0.3, 0.4) is 0 Å². The van der Waals surface area contributed by atoms with Crippen molar-refractivity contribution in [2.24, 2.45) is 13.0 Å². The highest BCUT2D eigenvalue weighted by atomic mass is 16.5. The number of aryl methyl sites for hydroxylation is 1. The number of aromatic nitrogens is 1. The smallest absolute Gasteiger partial charge is 0.317 e. The Morgan fingerprint density at radius 2 is 1.82 bits per heavy atom. The molecule has 4 aromatic rings. The van der Waals surface area contributed by atoms with Gasteiger partial charge in [-0.25, -0.2) is 4.79 Å². The van der Waals surface area contributed by atoms with Crippen molar-refractivity contribution >= 4 is 22.8 Å². The van der Waals surface area contributed by atoms with Crippen LogP contribution in [0.5, 0.6) is 5.75 Å². The predicted octanol–water partition coefficient (Wildman–Crippen LogP) is 5.05. The molecule has 0 saturated heterocycles. The van der Waals surface area contributed by atoms with E-state index in [9.17, 15) is 14.7 Å². The Kier molecular flexibility index (Phi) is 9.56. The van der Waals surface area contributed by atoms with Crippen LogP contribution in [-0.2, 0) is 24.9 Å². The first-order valence-corrected chi connectivity index (χ1v) is 15.0. The standard InChI is InChI=1S/C35H42N4O5/c1-23-19-39(24(2)21-40)34(41)33-32(29-12-8-9-13-30(29)38(33)4)28-11-7-6-10-26(28)22-44-31(23)20-37(3)35(42)36-18-25-14-16-27(43-5)17-15-25/h6-17,23-24,31,40H,18-22H2,1-5H3,(H,36,42)/t23-,24-,31-/m1/s1. The van der Waals surface area contributed by atoms with Gasteiger partial charge in [-0.3, -0.25) is 4.79 Å². The van der Waals surface area contributed by atoms with Crippen molar-refractivity contribution < 1.29 is 24.2 Å². The Hall–Kier alpha value is -4.34. The van der Waals surface area contributed by atoms with E-state index in [0.29, 0.717) is 31.9 Å². The maximum Gasteiger partial charge on any atom is 0.317 e. The number of fused-ring (bicyclic) bond motifs is 5. The van der Waals surface area contributed by atoms with Crippen LogP contribution in [0, 0.1) is 5.92 Å². The van der Waals surface area contributed by atoms with E-state index < -0.39 is 6.04 Å². The number of para-hydroxylation sites is 1. The van der Waals surface area contributed by atoms with Gasteiger partial charge in [0, 0.05) is 56.1 Å². The summed E-state index contributed by atoms with van der Waals surface area (Å²) in [5, 5.41) is 14.2. The second-order valence-electron chi connectivity index (χ2n) is 11.7. The SMILES string of the molecule is COc1ccc(CNC(=O)N(C)C[C@H]2OCc3ccccc3-c3c(n(C)c4ccccc34)C(=O)N([C@H](C)CO)C[C@H]2C)cc1. The van der Waals surface area contributed by atoms with Gasteiger partial charge in [0.2, 0.25) is 0 Å². The Morgan fingerprint density at radius 1 is 1.11 bits per heavy atom. The van der Waals surface area contributed by atoms with Crippen molar-refractivity contribution in [2.75, 3.05) is 33.9 Å². The van der Waals surface area contributed by atoms with Gasteiger partial charge in [0.05, 0.1) is 32.5 Å². The summed E-state index contributed by atoms with van der Waals surface area (Å²) in [5.74, 6) is 0.470. The number of aliphatic hydroxyl groups excluding tert-OH is 1. The highest BCUT2D eigenvalue weighted by Crippen LogP contribution is 2.38. The van der Waals surface area contributed by atoms with Crippen molar-refractivity contribution in [3.8, 4) is 16.9 Å². The number of benzene rings is 3. The number of carbonyl (C=O) groups excluding carboxylic acids is 2. The van der Waals surface area contributed by atoms with Gasteiger partial charge in [-0.15, -0.1) is 0 Å². The molecule has 0 fully saturated rings. The van der Waals surface area contributed by atoms with E-state index in [0.717, 1.165) is 38.9 Å². The Bertz CT molecular complexity index is 1620. The molecule has 0 unspecified atom stereocenters. The number of amides is 3. The molecule has 9 heteroatoms. The lowest BCUT2D eigenvalue weighted by Gasteiger charge is -2.35. The molecule has 232 valence electrons. The highest BCUT2D eigenvalue weighted by molar-refractivity contribution is 6.10. The molecule has 0 aliphatic carbocycles. The van der Waals surface area contributed by atoms with Gasteiger partial charge < -0.3 is 34.3 Å². The molecule has 2 heterocycles. The van der Waals surface area contributed by atoms with Crippen molar-refractivity contribution in [3.63, 3.8) is 0 Å². The van der Waals surface area contributed by atoms with Crippen LogP contribution in [-0.4, -0.2) is 77.4 Å².